The summed E-state index contributed by atoms with van der Waals surface area (Å²) in [5.41, 5.74) is 0.383. The van der Waals surface area contributed by atoms with Crippen LogP contribution in [0.4, 0.5) is 0 Å². The van der Waals surface area contributed by atoms with Crippen LogP contribution in [-0.2, 0) is 0 Å². The first-order chi connectivity index (χ1) is 4.30. The molecule has 1 rings (SSSR count). The third-order valence-electron chi connectivity index (χ3n) is 0.937. The maximum absolute atomic E-state index is 8.53. The summed E-state index contributed by atoms with van der Waals surface area (Å²) in [4.78, 5) is 3.56. The molecule has 3 nitrogen and oxygen atoms in total. The van der Waals surface area contributed by atoms with E-state index < -0.39 is 7.12 Å². The van der Waals surface area contributed by atoms with Gasteiger partial charge in [-0.15, -0.1) is 0 Å². The van der Waals surface area contributed by atoms with Gasteiger partial charge < -0.3 is 10.0 Å². The van der Waals surface area contributed by atoms with Crippen LogP contribution < -0.4 is 5.46 Å². The fourth-order valence-corrected chi connectivity index (χ4v) is 0.484. The molecule has 0 saturated heterocycles. The van der Waals surface area contributed by atoms with Crippen LogP contribution >= 0.6 is 0 Å². The fourth-order valence-electron chi connectivity index (χ4n) is 0.484. The lowest BCUT2D eigenvalue weighted by molar-refractivity contribution is 0.425. The number of hydrogen-bond donors (Lipinski definition) is 2. The number of pyridine rings is 1. The molecule has 0 unspecified atom stereocenters. The SMILES string of the molecule is OB(O)c1cc[c]nc1. The Bertz CT molecular complexity index is 178. The van der Waals surface area contributed by atoms with Crippen LogP contribution in [0.25, 0.3) is 0 Å². The van der Waals surface area contributed by atoms with E-state index in [0.29, 0.717) is 5.46 Å². The van der Waals surface area contributed by atoms with Gasteiger partial charge in [0.05, 0.1) is 6.20 Å². The third-order valence-corrected chi connectivity index (χ3v) is 0.937. The summed E-state index contributed by atoms with van der Waals surface area (Å²) >= 11 is 0. The molecule has 0 bridgehead atoms. The van der Waals surface area contributed by atoms with Gasteiger partial charge in [0.25, 0.3) is 0 Å². The molecule has 1 aromatic rings. The molecule has 0 amide bonds. The molecule has 0 aromatic carbocycles. The monoisotopic (exact) mass is 122 g/mol. The van der Waals surface area contributed by atoms with E-state index in [-0.39, 0.29) is 0 Å². The van der Waals surface area contributed by atoms with Gasteiger partial charge >= 0.3 is 7.12 Å². The second-order valence-corrected chi connectivity index (χ2v) is 1.59. The summed E-state index contributed by atoms with van der Waals surface area (Å²) in [6.07, 6.45) is 3.87. The molecule has 0 atom stereocenters. The number of aromatic nitrogens is 1. The van der Waals surface area contributed by atoms with Gasteiger partial charge in [0, 0.05) is 11.7 Å². The van der Waals surface area contributed by atoms with Gasteiger partial charge in [0.2, 0.25) is 0 Å². The highest BCUT2D eigenvalue weighted by Crippen LogP contribution is 1.76. The second-order valence-electron chi connectivity index (χ2n) is 1.59. The van der Waals surface area contributed by atoms with Gasteiger partial charge in [0.15, 0.2) is 0 Å². The van der Waals surface area contributed by atoms with Crippen LogP contribution in [0.3, 0.4) is 0 Å². The van der Waals surface area contributed by atoms with E-state index in [9.17, 15) is 0 Å². The summed E-state index contributed by atoms with van der Waals surface area (Å²) < 4.78 is 0. The van der Waals surface area contributed by atoms with E-state index in [1.54, 1.807) is 0 Å². The number of rotatable bonds is 1. The Kier molecular flexibility index (Phi) is 1.82. The summed E-state index contributed by atoms with van der Waals surface area (Å²) in [5, 5.41) is 17.1. The van der Waals surface area contributed by atoms with Crippen LogP contribution in [0.2, 0.25) is 0 Å². The Morgan fingerprint density at radius 2 is 2.33 bits per heavy atom. The Labute approximate surface area is 53.1 Å². The van der Waals surface area contributed by atoms with Crippen molar-refractivity contribution in [3.8, 4) is 0 Å². The average molecular weight is 122 g/mol. The second kappa shape index (κ2) is 2.61. The largest absolute Gasteiger partial charge is 0.490 e. The standard InChI is InChI=1S/C5H5BNO2/c8-6(9)5-2-1-3-7-4-5/h1-2,4,8-9H. The van der Waals surface area contributed by atoms with Crippen molar-refractivity contribution in [3.05, 3.63) is 24.5 Å². The van der Waals surface area contributed by atoms with Crippen LogP contribution in [0.15, 0.2) is 18.3 Å². The molecular weight excluding hydrogens is 117 g/mol. The molecule has 0 fully saturated rings. The van der Waals surface area contributed by atoms with Crippen molar-refractivity contribution in [1.82, 2.24) is 4.98 Å². The van der Waals surface area contributed by atoms with E-state index in [1.807, 2.05) is 0 Å². The minimum Gasteiger partial charge on any atom is -0.423 e. The molecule has 1 radical (unpaired) electrons. The molecule has 1 heterocycles. The van der Waals surface area contributed by atoms with Gasteiger partial charge in [0.1, 0.15) is 0 Å². The van der Waals surface area contributed by atoms with Crippen LogP contribution in [0, 0.1) is 6.20 Å². The van der Waals surface area contributed by atoms with E-state index in [0.717, 1.165) is 0 Å². The van der Waals surface area contributed by atoms with Crippen LogP contribution in [0.1, 0.15) is 0 Å². The normalized spacial score (nSPS) is 9.11. The van der Waals surface area contributed by atoms with Crippen molar-refractivity contribution in [1.29, 1.82) is 0 Å². The van der Waals surface area contributed by atoms with E-state index in [4.69, 9.17) is 10.0 Å². The lowest BCUT2D eigenvalue weighted by Crippen LogP contribution is -2.29. The summed E-state index contributed by atoms with van der Waals surface area (Å²) in [7, 11) is -1.42. The Balaban J connectivity index is 2.85. The highest BCUT2D eigenvalue weighted by molar-refractivity contribution is 6.58. The highest BCUT2D eigenvalue weighted by Gasteiger charge is 2.08. The molecule has 0 aliphatic carbocycles. The molecule has 1 aromatic heterocycles. The Morgan fingerprint density at radius 1 is 1.56 bits per heavy atom. The molecular formula is C5H5BNO2. The minimum absolute atomic E-state index is 0.383. The zero-order valence-electron chi connectivity index (χ0n) is 4.65. The smallest absolute Gasteiger partial charge is 0.423 e. The predicted octanol–water partition coefficient (Wildman–Crippen LogP) is -1.44. The average Bonchev–Trinajstić information content (AvgIpc) is 1.90. The van der Waals surface area contributed by atoms with Crippen molar-refractivity contribution < 1.29 is 10.0 Å². The summed E-state index contributed by atoms with van der Waals surface area (Å²) in [6, 6.07) is 3.06. The molecule has 0 saturated carbocycles. The fraction of sp³-hybridized carbons (Fsp3) is 0. The van der Waals surface area contributed by atoms with Crippen molar-refractivity contribution in [3.63, 3.8) is 0 Å². The first kappa shape index (κ1) is 6.26. The van der Waals surface area contributed by atoms with Crippen LogP contribution in [-0.4, -0.2) is 22.2 Å². The number of hydrogen-bond acceptors (Lipinski definition) is 3. The van der Waals surface area contributed by atoms with Crippen LogP contribution in [0.5, 0.6) is 0 Å². The lowest BCUT2D eigenvalue weighted by atomic mass is 9.82. The van der Waals surface area contributed by atoms with Gasteiger partial charge in [-0.1, -0.05) is 6.07 Å². The number of nitrogens with zero attached hydrogens (tertiary/aromatic N) is 1. The maximum Gasteiger partial charge on any atom is 0.490 e. The first-order valence-electron chi connectivity index (χ1n) is 2.49. The molecule has 0 aliphatic rings. The molecule has 0 spiro atoms. The van der Waals surface area contributed by atoms with E-state index in [1.165, 1.54) is 18.3 Å². The summed E-state index contributed by atoms with van der Waals surface area (Å²) in [5.74, 6) is 0. The van der Waals surface area contributed by atoms with Gasteiger partial charge in [-0.2, -0.15) is 0 Å². The van der Waals surface area contributed by atoms with Gasteiger partial charge in [-0.25, -0.2) is 0 Å². The Hall–Kier alpha value is -0.865. The first-order valence-corrected chi connectivity index (χ1v) is 2.49. The zero-order valence-corrected chi connectivity index (χ0v) is 4.65. The van der Waals surface area contributed by atoms with Crippen molar-refractivity contribution in [2.45, 2.75) is 0 Å². The molecule has 4 heteroatoms. The van der Waals surface area contributed by atoms with Gasteiger partial charge in [-0.3, -0.25) is 4.98 Å². The van der Waals surface area contributed by atoms with Crippen molar-refractivity contribution in [2.75, 3.05) is 0 Å². The topological polar surface area (TPSA) is 53.4 Å². The molecule has 45 valence electrons. The predicted molar refractivity (Wildman–Crippen MR) is 32.9 cm³/mol. The quantitative estimate of drug-likeness (QED) is 0.448. The summed E-state index contributed by atoms with van der Waals surface area (Å²) in [6.45, 7) is 0. The zero-order chi connectivity index (χ0) is 6.69. The molecule has 2 N–H and O–H groups in total. The molecule has 0 aliphatic heterocycles. The maximum atomic E-state index is 8.53. The molecule has 9 heavy (non-hydrogen) atoms. The van der Waals surface area contributed by atoms with E-state index in [2.05, 4.69) is 11.2 Å². The third kappa shape index (κ3) is 1.52. The highest BCUT2D eigenvalue weighted by atomic mass is 16.4. The van der Waals surface area contributed by atoms with Gasteiger partial charge in [-0.05, 0) is 6.07 Å². The van der Waals surface area contributed by atoms with Crippen molar-refractivity contribution >= 4 is 12.6 Å². The van der Waals surface area contributed by atoms with Crippen molar-refractivity contribution in [2.24, 2.45) is 0 Å². The minimum atomic E-state index is -1.42. The van der Waals surface area contributed by atoms with E-state index >= 15 is 0 Å². The Morgan fingerprint density at radius 3 is 2.67 bits per heavy atom. The lowest BCUT2D eigenvalue weighted by Gasteiger charge is -1.93.